The maximum absolute atomic E-state index is 12.2. The fourth-order valence-corrected chi connectivity index (χ4v) is 3.45. The second-order valence-corrected chi connectivity index (χ2v) is 7.80. The molecule has 3 N–H and O–H groups in total. The maximum atomic E-state index is 12.2. The first-order valence-electron chi connectivity index (χ1n) is 9.68. The fourth-order valence-electron chi connectivity index (χ4n) is 2.76. The number of hydrazine groups is 1. The van der Waals surface area contributed by atoms with Crippen molar-refractivity contribution in [3.63, 3.8) is 0 Å². The molecular weight excluding hydrogens is 450 g/mol. The maximum Gasteiger partial charge on any atom is 0.276 e. The van der Waals surface area contributed by atoms with E-state index in [1.807, 2.05) is 32.9 Å². The Morgan fingerprint density at radius 2 is 1.60 bits per heavy atom. The van der Waals surface area contributed by atoms with Crippen LogP contribution in [0, 0.1) is 13.8 Å². The molecule has 0 bridgehead atoms. The summed E-state index contributed by atoms with van der Waals surface area (Å²) in [6.45, 7) is 5.58. The van der Waals surface area contributed by atoms with E-state index in [1.54, 1.807) is 24.3 Å². The molecule has 0 fully saturated rings. The van der Waals surface area contributed by atoms with Crippen LogP contribution in [0.4, 0.5) is 5.69 Å². The van der Waals surface area contributed by atoms with Gasteiger partial charge in [-0.15, -0.1) is 0 Å². The molecular formula is C22H26BrN3O4. The topological polar surface area (TPSA) is 96.5 Å². The zero-order chi connectivity index (χ0) is 22.1. The quantitative estimate of drug-likeness (QED) is 0.502. The summed E-state index contributed by atoms with van der Waals surface area (Å²) in [5.74, 6) is -0.373. The van der Waals surface area contributed by atoms with Crippen molar-refractivity contribution >= 4 is 39.3 Å². The fraction of sp³-hybridized carbons (Fsp3) is 0.318. The number of benzene rings is 2. The number of amides is 3. The Bertz CT molecular complexity index is 890. The highest BCUT2D eigenvalue weighted by Crippen LogP contribution is 2.27. The van der Waals surface area contributed by atoms with E-state index in [1.165, 1.54) is 0 Å². The molecule has 2 rings (SSSR count). The van der Waals surface area contributed by atoms with Gasteiger partial charge in [0.05, 0.1) is 0 Å². The molecule has 0 aliphatic heterocycles. The minimum absolute atomic E-state index is 0.0578. The Balaban J connectivity index is 1.81. The first-order chi connectivity index (χ1) is 14.3. The van der Waals surface area contributed by atoms with E-state index in [9.17, 15) is 14.4 Å². The van der Waals surface area contributed by atoms with Crippen LogP contribution >= 0.6 is 15.9 Å². The van der Waals surface area contributed by atoms with Gasteiger partial charge >= 0.3 is 0 Å². The highest BCUT2D eigenvalue weighted by Gasteiger charge is 2.11. The minimum atomic E-state index is -0.482. The number of ether oxygens (including phenoxy) is 1. The summed E-state index contributed by atoms with van der Waals surface area (Å²) in [6.07, 6.45) is 2.24. The van der Waals surface area contributed by atoms with Gasteiger partial charge < -0.3 is 10.1 Å². The zero-order valence-corrected chi connectivity index (χ0v) is 18.9. The number of hydrogen-bond acceptors (Lipinski definition) is 4. The molecule has 0 aliphatic rings. The molecule has 8 heteroatoms. The van der Waals surface area contributed by atoms with Gasteiger partial charge in [0.15, 0.2) is 6.61 Å². The van der Waals surface area contributed by atoms with Crippen LogP contribution in [0.5, 0.6) is 5.75 Å². The van der Waals surface area contributed by atoms with Crippen LogP contribution < -0.4 is 20.9 Å². The van der Waals surface area contributed by atoms with Crippen molar-refractivity contribution in [1.29, 1.82) is 0 Å². The van der Waals surface area contributed by atoms with Crippen LogP contribution in [0.15, 0.2) is 40.9 Å². The highest BCUT2D eigenvalue weighted by atomic mass is 79.9. The zero-order valence-electron chi connectivity index (χ0n) is 17.3. The van der Waals surface area contributed by atoms with E-state index in [0.717, 1.165) is 28.4 Å². The van der Waals surface area contributed by atoms with Crippen molar-refractivity contribution in [1.82, 2.24) is 10.9 Å². The molecule has 0 spiro atoms. The van der Waals surface area contributed by atoms with Crippen LogP contribution in [-0.2, 0) is 9.59 Å². The molecule has 0 unspecified atom stereocenters. The van der Waals surface area contributed by atoms with Crippen molar-refractivity contribution in [3.05, 3.63) is 57.6 Å². The Labute approximate surface area is 184 Å². The number of aryl methyl sites for hydroxylation is 2. The Morgan fingerprint density at radius 1 is 0.967 bits per heavy atom. The number of hydrogen-bond donors (Lipinski definition) is 3. The predicted octanol–water partition coefficient (Wildman–Crippen LogP) is 4.03. The number of carbonyl (C=O) groups excluding carboxylic acids is 3. The van der Waals surface area contributed by atoms with Gasteiger partial charge in [-0.25, -0.2) is 0 Å². The second-order valence-electron chi connectivity index (χ2n) is 6.89. The molecule has 2 aromatic carbocycles. The third-order valence-corrected chi connectivity index (χ3v) is 4.73. The Hall–Kier alpha value is -2.87. The van der Waals surface area contributed by atoms with Crippen LogP contribution in [0.1, 0.15) is 47.7 Å². The standard InChI is InChI=1S/C22H26BrN3O4/c1-4-5-6-19(27)24-18-9-7-16(8-10-18)22(29)26-25-20(28)13-30-21-14(2)11-17(23)12-15(21)3/h7-12H,4-6,13H2,1-3H3,(H,24,27)(H,25,28)(H,26,29). The van der Waals surface area contributed by atoms with Gasteiger partial charge in [-0.05, 0) is 67.8 Å². The summed E-state index contributed by atoms with van der Waals surface area (Å²) in [5, 5.41) is 2.78. The summed E-state index contributed by atoms with van der Waals surface area (Å²) >= 11 is 3.41. The number of rotatable bonds is 8. The summed E-state index contributed by atoms with van der Waals surface area (Å²) < 4.78 is 6.52. The molecule has 0 atom stereocenters. The lowest BCUT2D eigenvalue weighted by Crippen LogP contribution is -2.43. The number of anilines is 1. The molecule has 0 aromatic heterocycles. The van der Waals surface area contributed by atoms with Gasteiger partial charge in [0.1, 0.15) is 5.75 Å². The van der Waals surface area contributed by atoms with Crippen molar-refractivity contribution in [2.45, 2.75) is 40.0 Å². The third kappa shape index (κ3) is 7.18. The molecule has 0 saturated heterocycles. The average Bonchev–Trinajstić information content (AvgIpc) is 2.70. The third-order valence-electron chi connectivity index (χ3n) is 4.28. The molecule has 3 amide bonds. The molecule has 0 aliphatic carbocycles. The average molecular weight is 476 g/mol. The molecule has 0 saturated carbocycles. The molecule has 0 heterocycles. The van der Waals surface area contributed by atoms with E-state index in [-0.39, 0.29) is 12.5 Å². The van der Waals surface area contributed by atoms with Crippen molar-refractivity contribution in [3.8, 4) is 5.75 Å². The molecule has 30 heavy (non-hydrogen) atoms. The predicted molar refractivity (Wildman–Crippen MR) is 119 cm³/mol. The number of nitrogens with one attached hydrogen (secondary N) is 3. The minimum Gasteiger partial charge on any atom is -0.483 e. The van der Waals surface area contributed by atoms with E-state index >= 15 is 0 Å². The van der Waals surface area contributed by atoms with E-state index in [0.29, 0.717) is 23.4 Å². The van der Waals surface area contributed by atoms with Gasteiger partial charge in [0, 0.05) is 22.1 Å². The monoisotopic (exact) mass is 475 g/mol. The van der Waals surface area contributed by atoms with Crippen LogP contribution in [0.25, 0.3) is 0 Å². The van der Waals surface area contributed by atoms with Gasteiger partial charge in [-0.1, -0.05) is 29.3 Å². The summed E-state index contributed by atoms with van der Waals surface area (Å²) in [4.78, 5) is 35.9. The number of carbonyl (C=O) groups is 3. The first-order valence-corrected chi connectivity index (χ1v) is 10.5. The van der Waals surface area contributed by atoms with Crippen LogP contribution in [0.2, 0.25) is 0 Å². The number of halogens is 1. The first kappa shape index (κ1) is 23.4. The molecule has 7 nitrogen and oxygen atoms in total. The molecule has 2 aromatic rings. The van der Waals surface area contributed by atoms with E-state index < -0.39 is 11.8 Å². The Morgan fingerprint density at radius 3 is 2.20 bits per heavy atom. The highest BCUT2D eigenvalue weighted by molar-refractivity contribution is 9.10. The van der Waals surface area contributed by atoms with Gasteiger partial charge in [0.2, 0.25) is 5.91 Å². The van der Waals surface area contributed by atoms with Crippen molar-refractivity contribution in [2.75, 3.05) is 11.9 Å². The molecule has 0 radical (unpaired) electrons. The second kappa shape index (κ2) is 11.3. The lowest BCUT2D eigenvalue weighted by Gasteiger charge is -2.13. The lowest BCUT2D eigenvalue weighted by atomic mass is 10.1. The summed E-state index contributed by atoms with van der Waals surface area (Å²) in [7, 11) is 0. The smallest absolute Gasteiger partial charge is 0.276 e. The van der Waals surface area contributed by atoms with Crippen molar-refractivity contribution < 1.29 is 19.1 Å². The van der Waals surface area contributed by atoms with Gasteiger partial charge in [-0.3, -0.25) is 25.2 Å². The SMILES string of the molecule is CCCCC(=O)Nc1ccc(C(=O)NNC(=O)COc2c(C)cc(Br)cc2C)cc1. The van der Waals surface area contributed by atoms with Gasteiger partial charge in [0.25, 0.3) is 11.8 Å². The van der Waals surface area contributed by atoms with Crippen LogP contribution in [-0.4, -0.2) is 24.3 Å². The molecule has 160 valence electrons. The van der Waals surface area contributed by atoms with E-state index in [4.69, 9.17) is 4.74 Å². The largest absolute Gasteiger partial charge is 0.483 e. The Kier molecular flexibility index (Phi) is 8.86. The lowest BCUT2D eigenvalue weighted by molar-refractivity contribution is -0.123. The van der Waals surface area contributed by atoms with Crippen molar-refractivity contribution in [2.24, 2.45) is 0 Å². The summed E-state index contributed by atoms with van der Waals surface area (Å²) in [5.41, 5.74) is 7.45. The van der Waals surface area contributed by atoms with Gasteiger partial charge in [-0.2, -0.15) is 0 Å². The van der Waals surface area contributed by atoms with E-state index in [2.05, 4.69) is 32.1 Å². The summed E-state index contributed by atoms with van der Waals surface area (Å²) in [6, 6.07) is 10.2. The van der Waals surface area contributed by atoms with Crippen LogP contribution in [0.3, 0.4) is 0 Å². The number of unbranched alkanes of at least 4 members (excludes halogenated alkanes) is 1. The normalized spacial score (nSPS) is 10.3.